The molecule has 0 heterocycles. The van der Waals surface area contributed by atoms with E-state index in [0.717, 1.165) is 5.75 Å². The third-order valence-electron chi connectivity index (χ3n) is 5.01. The minimum atomic E-state index is 0.210. The average molecular weight is 232 g/mol. The lowest BCUT2D eigenvalue weighted by Gasteiger charge is -2.47. The maximum absolute atomic E-state index is 5.47. The topological polar surface area (TPSA) is 9.23 Å². The molecule has 0 fully saturated rings. The van der Waals surface area contributed by atoms with Crippen molar-refractivity contribution in [2.75, 3.05) is 7.11 Å². The molecular formula is C16H24O. The molecular weight excluding hydrogens is 208 g/mol. The molecule has 0 saturated carbocycles. The van der Waals surface area contributed by atoms with Gasteiger partial charge in [0.25, 0.3) is 0 Å². The normalized spacial score (nSPS) is 20.8. The van der Waals surface area contributed by atoms with Gasteiger partial charge in [-0.25, -0.2) is 0 Å². The number of ether oxygens (including phenoxy) is 1. The third kappa shape index (κ3) is 1.76. The zero-order valence-electron chi connectivity index (χ0n) is 12.0. The monoisotopic (exact) mass is 232 g/mol. The van der Waals surface area contributed by atoms with Crippen LogP contribution in [0.25, 0.3) is 0 Å². The molecule has 0 aromatic heterocycles. The first-order valence-corrected chi connectivity index (χ1v) is 6.47. The Morgan fingerprint density at radius 3 is 2.35 bits per heavy atom. The highest BCUT2D eigenvalue weighted by Crippen LogP contribution is 2.50. The fourth-order valence-corrected chi connectivity index (χ4v) is 2.88. The van der Waals surface area contributed by atoms with E-state index in [9.17, 15) is 0 Å². The smallest absolute Gasteiger partial charge is 0.122 e. The number of rotatable bonds is 1. The summed E-state index contributed by atoms with van der Waals surface area (Å²) in [6.45, 7) is 11.6. The van der Waals surface area contributed by atoms with Gasteiger partial charge in [-0.1, -0.05) is 33.8 Å². The van der Waals surface area contributed by atoms with Crippen molar-refractivity contribution in [2.24, 2.45) is 5.41 Å². The van der Waals surface area contributed by atoms with Crippen LogP contribution >= 0.6 is 0 Å². The summed E-state index contributed by atoms with van der Waals surface area (Å²) in [5.74, 6) is 1.02. The molecule has 1 aromatic rings. The van der Waals surface area contributed by atoms with Crippen molar-refractivity contribution >= 4 is 0 Å². The molecule has 0 amide bonds. The zero-order valence-corrected chi connectivity index (χ0v) is 12.0. The highest BCUT2D eigenvalue weighted by Gasteiger charge is 2.42. The Hall–Kier alpha value is -0.980. The Bertz CT molecular complexity index is 441. The quantitative estimate of drug-likeness (QED) is 0.703. The van der Waals surface area contributed by atoms with E-state index < -0.39 is 0 Å². The third-order valence-corrected chi connectivity index (χ3v) is 5.01. The molecule has 0 aliphatic heterocycles. The predicted molar refractivity (Wildman–Crippen MR) is 72.9 cm³/mol. The van der Waals surface area contributed by atoms with Crippen LogP contribution in [-0.2, 0) is 11.8 Å². The summed E-state index contributed by atoms with van der Waals surface area (Å²) in [6.07, 6.45) is 2.45. The van der Waals surface area contributed by atoms with Crippen molar-refractivity contribution in [1.82, 2.24) is 0 Å². The molecule has 0 saturated heterocycles. The van der Waals surface area contributed by atoms with Gasteiger partial charge in [0.15, 0.2) is 0 Å². The van der Waals surface area contributed by atoms with E-state index in [-0.39, 0.29) is 5.41 Å². The molecule has 1 aliphatic carbocycles. The Morgan fingerprint density at radius 1 is 1.12 bits per heavy atom. The molecule has 1 nitrogen and oxygen atoms in total. The van der Waals surface area contributed by atoms with Gasteiger partial charge in [0, 0.05) is 0 Å². The standard InChI is InChI=1S/C16H24O/c1-11-9-12-7-8-15(2,3)16(4,5)13(12)10-14(11)17-6/h9-10H,7-8H2,1-6H3. The van der Waals surface area contributed by atoms with Gasteiger partial charge in [-0.15, -0.1) is 0 Å². The SMILES string of the molecule is COc1cc2c(cc1C)CCC(C)(C)C2(C)C. The van der Waals surface area contributed by atoms with Crippen molar-refractivity contribution < 1.29 is 4.74 Å². The molecule has 0 N–H and O–H groups in total. The van der Waals surface area contributed by atoms with Gasteiger partial charge in [0.2, 0.25) is 0 Å². The predicted octanol–water partition coefficient (Wildman–Crippen LogP) is 4.25. The van der Waals surface area contributed by atoms with Crippen molar-refractivity contribution in [3.63, 3.8) is 0 Å². The fourth-order valence-electron chi connectivity index (χ4n) is 2.88. The minimum Gasteiger partial charge on any atom is -0.496 e. The Morgan fingerprint density at radius 2 is 1.76 bits per heavy atom. The molecule has 0 unspecified atom stereocenters. The van der Waals surface area contributed by atoms with Gasteiger partial charge in [0.1, 0.15) is 5.75 Å². The van der Waals surface area contributed by atoms with Crippen LogP contribution in [-0.4, -0.2) is 7.11 Å². The lowest BCUT2D eigenvalue weighted by molar-refractivity contribution is 0.164. The summed E-state index contributed by atoms with van der Waals surface area (Å²) in [5.41, 5.74) is 4.78. The van der Waals surface area contributed by atoms with Crippen LogP contribution < -0.4 is 4.74 Å². The lowest BCUT2D eigenvalue weighted by atomic mass is 9.57. The number of hydrogen-bond acceptors (Lipinski definition) is 1. The van der Waals surface area contributed by atoms with Crippen molar-refractivity contribution in [3.8, 4) is 5.75 Å². The minimum absolute atomic E-state index is 0.210. The second-order valence-electron chi connectivity index (χ2n) is 6.49. The largest absolute Gasteiger partial charge is 0.496 e. The molecule has 1 aromatic carbocycles. The summed E-state index contributed by atoms with van der Waals surface area (Å²) >= 11 is 0. The second-order valence-corrected chi connectivity index (χ2v) is 6.49. The van der Waals surface area contributed by atoms with E-state index in [1.165, 1.54) is 29.5 Å². The van der Waals surface area contributed by atoms with Crippen molar-refractivity contribution in [3.05, 3.63) is 28.8 Å². The van der Waals surface area contributed by atoms with Crippen molar-refractivity contribution in [2.45, 2.75) is 52.9 Å². The molecule has 0 radical (unpaired) electrons. The second kappa shape index (κ2) is 3.76. The van der Waals surface area contributed by atoms with Crippen LogP contribution in [0.5, 0.6) is 5.75 Å². The van der Waals surface area contributed by atoms with Gasteiger partial charge < -0.3 is 4.74 Å². The van der Waals surface area contributed by atoms with Gasteiger partial charge in [-0.3, -0.25) is 0 Å². The van der Waals surface area contributed by atoms with Crippen LogP contribution in [0.4, 0.5) is 0 Å². The highest BCUT2D eigenvalue weighted by atomic mass is 16.5. The highest BCUT2D eigenvalue weighted by molar-refractivity contribution is 5.47. The number of fused-ring (bicyclic) bond motifs is 1. The van der Waals surface area contributed by atoms with Crippen molar-refractivity contribution in [1.29, 1.82) is 0 Å². The van der Waals surface area contributed by atoms with Crippen LogP contribution in [0, 0.1) is 12.3 Å². The molecule has 1 aliphatic rings. The number of benzene rings is 1. The first kappa shape index (κ1) is 12.5. The Balaban J connectivity index is 2.62. The Kier molecular flexibility index (Phi) is 2.76. The molecule has 0 spiro atoms. The average Bonchev–Trinajstić information content (AvgIpc) is 2.24. The summed E-state index contributed by atoms with van der Waals surface area (Å²) < 4.78 is 5.47. The van der Waals surface area contributed by atoms with Crippen LogP contribution in [0.1, 0.15) is 50.8 Å². The summed E-state index contributed by atoms with van der Waals surface area (Å²) in [7, 11) is 1.76. The zero-order chi connectivity index (χ0) is 12.8. The number of aryl methyl sites for hydroxylation is 2. The Labute approximate surface area is 105 Å². The summed E-state index contributed by atoms with van der Waals surface area (Å²) in [4.78, 5) is 0. The molecule has 2 rings (SSSR count). The maximum Gasteiger partial charge on any atom is 0.122 e. The van der Waals surface area contributed by atoms with Crippen LogP contribution in [0.2, 0.25) is 0 Å². The molecule has 0 atom stereocenters. The maximum atomic E-state index is 5.47. The van der Waals surface area contributed by atoms with E-state index in [0.29, 0.717) is 5.41 Å². The lowest BCUT2D eigenvalue weighted by Crippen LogP contribution is -2.41. The van der Waals surface area contributed by atoms with Gasteiger partial charge in [-0.2, -0.15) is 0 Å². The van der Waals surface area contributed by atoms with E-state index in [1.54, 1.807) is 7.11 Å². The summed E-state index contributed by atoms with van der Waals surface area (Å²) in [5, 5.41) is 0. The number of hydrogen-bond donors (Lipinski definition) is 0. The van der Waals surface area contributed by atoms with E-state index in [1.807, 2.05) is 0 Å². The summed E-state index contributed by atoms with van der Waals surface area (Å²) in [6, 6.07) is 4.57. The molecule has 94 valence electrons. The van der Waals surface area contributed by atoms with Gasteiger partial charge in [0.05, 0.1) is 7.11 Å². The molecule has 17 heavy (non-hydrogen) atoms. The molecule has 1 heteroatoms. The van der Waals surface area contributed by atoms with E-state index in [2.05, 4.69) is 46.8 Å². The molecule has 0 bridgehead atoms. The number of methoxy groups -OCH3 is 1. The van der Waals surface area contributed by atoms with E-state index >= 15 is 0 Å². The van der Waals surface area contributed by atoms with Crippen LogP contribution in [0.3, 0.4) is 0 Å². The van der Waals surface area contributed by atoms with Gasteiger partial charge in [-0.05, 0) is 53.4 Å². The first-order chi connectivity index (χ1) is 7.79. The fraction of sp³-hybridized carbons (Fsp3) is 0.625. The van der Waals surface area contributed by atoms with Gasteiger partial charge >= 0.3 is 0 Å². The van der Waals surface area contributed by atoms with Crippen LogP contribution in [0.15, 0.2) is 12.1 Å². The first-order valence-electron chi connectivity index (χ1n) is 6.47. The van der Waals surface area contributed by atoms with E-state index in [4.69, 9.17) is 4.74 Å².